The largest absolute Gasteiger partial charge is 0.465 e. The van der Waals surface area contributed by atoms with Gasteiger partial charge in [0.15, 0.2) is 0 Å². The van der Waals surface area contributed by atoms with Crippen molar-refractivity contribution in [3.8, 4) is 0 Å². The molecule has 1 saturated heterocycles. The van der Waals surface area contributed by atoms with Crippen LogP contribution in [0.3, 0.4) is 0 Å². The van der Waals surface area contributed by atoms with Crippen LogP contribution in [0.25, 0.3) is 0 Å². The van der Waals surface area contributed by atoms with E-state index in [-0.39, 0.29) is 17.9 Å². The molecule has 84 valence electrons. The van der Waals surface area contributed by atoms with E-state index in [2.05, 4.69) is 5.32 Å². The van der Waals surface area contributed by atoms with E-state index in [0.717, 1.165) is 25.7 Å². The second-order valence-corrected chi connectivity index (χ2v) is 4.35. The van der Waals surface area contributed by atoms with Gasteiger partial charge >= 0.3 is 6.09 Å². The smallest absolute Gasteiger partial charge is 0.407 e. The zero-order chi connectivity index (χ0) is 10.8. The molecule has 5 nitrogen and oxygen atoms in total. The zero-order valence-electron chi connectivity index (χ0n) is 8.61. The highest BCUT2D eigenvalue weighted by Crippen LogP contribution is 2.26. The summed E-state index contributed by atoms with van der Waals surface area (Å²) in [6.45, 7) is 0.971. The van der Waals surface area contributed by atoms with Crippen molar-refractivity contribution in [1.29, 1.82) is 0 Å². The first-order chi connectivity index (χ1) is 7.16. The van der Waals surface area contributed by atoms with E-state index in [4.69, 9.17) is 5.11 Å². The van der Waals surface area contributed by atoms with Crippen LogP contribution < -0.4 is 5.32 Å². The number of carbonyl (C=O) groups excluding carboxylic acids is 1. The molecule has 0 aromatic heterocycles. The molecular weight excluding hydrogens is 196 g/mol. The fraction of sp³-hybridized carbons (Fsp3) is 0.800. The molecular formula is C10H16N2O3. The standard InChI is InChI=1S/C10H16N2O3/c13-9(7-2-1-3-7)11-8-4-5-12(6-8)10(14)15/h7-8H,1-6H2,(H,11,13)(H,14,15)/t8-/m0/s1. The normalized spacial score (nSPS) is 26.1. The van der Waals surface area contributed by atoms with Crippen LogP contribution in [0.1, 0.15) is 25.7 Å². The number of amides is 2. The summed E-state index contributed by atoms with van der Waals surface area (Å²) in [4.78, 5) is 23.6. The van der Waals surface area contributed by atoms with Crippen LogP contribution in [0.4, 0.5) is 4.79 Å². The third-order valence-electron chi connectivity index (χ3n) is 3.28. The Morgan fingerprint density at radius 1 is 1.27 bits per heavy atom. The van der Waals surface area contributed by atoms with E-state index in [1.165, 1.54) is 4.90 Å². The SMILES string of the molecule is O=C(N[C@H]1CCN(C(=O)O)C1)C1CCC1. The van der Waals surface area contributed by atoms with Gasteiger partial charge in [0.1, 0.15) is 0 Å². The van der Waals surface area contributed by atoms with Gasteiger partial charge in [-0.2, -0.15) is 0 Å². The summed E-state index contributed by atoms with van der Waals surface area (Å²) < 4.78 is 0. The number of hydrogen-bond donors (Lipinski definition) is 2. The first-order valence-corrected chi connectivity index (χ1v) is 5.45. The van der Waals surface area contributed by atoms with Gasteiger partial charge in [0, 0.05) is 25.0 Å². The van der Waals surface area contributed by atoms with Gasteiger partial charge in [-0.1, -0.05) is 6.42 Å². The van der Waals surface area contributed by atoms with Gasteiger partial charge in [-0.05, 0) is 19.3 Å². The van der Waals surface area contributed by atoms with Crippen LogP contribution in [-0.2, 0) is 4.79 Å². The molecule has 15 heavy (non-hydrogen) atoms. The van der Waals surface area contributed by atoms with Gasteiger partial charge in [-0.15, -0.1) is 0 Å². The number of hydrogen-bond acceptors (Lipinski definition) is 2. The predicted octanol–water partition coefficient (Wildman–Crippen LogP) is 0.655. The van der Waals surface area contributed by atoms with Gasteiger partial charge in [0.2, 0.25) is 5.91 Å². The van der Waals surface area contributed by atoms with E-state index in [9.17, 15) is 9.59 Å². The summed E-state index contributed by atoms with van der Waals surface area (Å²) in [7, 11) is 0. The summed E-state index contributed by atoms with van der Waals surface area (Å²) in [6.07, 6.45) is 2.97. The maximum atomic E-state index is 11.6. The predicted molar refractivity (Wildman–Crippen MR) is 53.5 cm³/mol. The van der Waals surface area contributed by atoms with E-state index >= 15 is 0 Å². The van der Waals surface area contributed by atoms with E-state index in [1.807, 2.05) is 0 Å². The molecule has 2 amide bonds. The van der Waals surface area contributed by atoms with Crippen molar-refractivity contribution in [2.45, 2.75) is 31.7 Å². The Hall–Kier alpha value is -1.26. The van der Waals surface area contributed by atoms with E-state index in [0.29, 0.717) is 13.1 Å². The Bertz CT molecular complexity index is 276. The van der Waals surface area contributed by atoms with Gasteiger partial charge in [0.25, 0.3) is 0 Å². The van der Waals surface area contributed by atoms with Crippen molar-refractivity contribution in [2.24, 2.45) is 5.92 Å². The molecule has 1 heterocycles. The summed E-state index contributed by atoms with van der Waals surface area (Å²) in [6, 6.07) is 0.0224. The van der Waals surface area contributed by atoms with Crippen molar-refractivity contribution in [3.05, 3.63) is 0 Å². The van der Waals surface area contributed by atoms with Gasteiger partial charge < -0.3 is 15.3 Å². The lowest BCUT2D eigenvalue weighted by atomic mass is 9.84. The van der Waals surface area contributed by atoms with Crippen molar-refractivity contribution in [2.75, 3.05) is 13.1 Å². The van der Waals surface area contributed by atoms with Crippen LogP contribution in [0.5, 0.6) is 0 Å². The molecule has 2 rings (SSSR count). The molecule has 1 saturated carbocycles. The first-order valence-electron chi connectivity index (χ1n) is 5.45. The first kappa shape index (κ1) is 10.3. The molecule has 2 N–H and O–H groups in total. The highest BCUT2D eigenvalue weighted by molar-refractivity contribution is 5.79. The molecule has 0 radical (unpaired) electrons. The zero-order valence-corrected chi connectivity index (χ0v) is 8.61. The van der Waals surface area contributed by atoms with Crippen LogP contribution in [0.15, 0.2) is 0 Å². The third-order valence-corrected chi connectivity index (χ3v) is 3.28. The minimum absolute atomic E-state index is 0.0224. The van der Waals surface area contributed by atoms with Crippen LogP contribution in [0, 0.1) is 5.92 Å². The monoisotopic (exact) mass is 212 g/mol. The number of nitrogens with zero attached hydrogens (tertiary/aromatic N) is 1. The molecule has 0 aromatic carbocycles. The van der Waals surface area contributed by atoms with Gasteiger partial charge in [-0.3, -0.25) is 4.79 Å². The van der Waals surface area contributed by atoms with Gasteiger partial charge in [0.05, 0.1) is 0 Å². The lowest BCUT2D eigenvalue weighted by Gasteiger charge is -2.25. The number of likely N-dealkylation sites (tertiary alicyclic amines) is 1. The van der Waals surface area contributed by atoms with E-state index < -0.39 is 6.09 Å². The molecule has 0 bridgehead atoms. The van der Waals surface area contributed by atoms with Crippen molar-refractivity contribution < 1.29 is 14.7 Å². The second kappa shape index (κ2) is 4.08. The van der Waals surface area contributed by atoms with Crippen molar-refractivity contribution in [1.82, 2.24) is 10.2 Å². The Morgan fingerprint density at radius 3 is 2.47 bits per heavy atom. The van der Waals surface area contributed by atoms with Crippen LogP contribution in [-0.4, -0.2) is 41.1 Å². The molecule has 2 fully saturated rings. The number of nitrogens with one attached hydrogen (secondary N) is 1. The molecule has 2 aliphatic rings. The highest BCUT2D eigenvalue weighted by atomic mass is 16.4. The van der Waals surface area contributed by atoms with Gasteiger partial charge in [-0.25, -0.2) is 4.79 Å². The maximum absolute atomic E-state index is 11.6. The number of rotatable bonds is 2. The topological polar surface area (TPSA) is 69.6 Å². The Labute approximate surface area is 88.4 Å². The summed E-state index contributed by atoms with van der Waals surface area (Å²) in [5.41, 5.74) is 0. The molecule has 0 aromatic rings. The fourth-order valence-electron chi connectivity index (χ4n) is 2.04. The molecule has 1 aliphatic carbocycles. The van der Waals surface area contributed by atoms with E-state index in [1.54, 1.807) is 0 Å². The molecule has 0 unspecified atom stereocenters. The summed E-state index contributed by atoms with van der Waals surface area (Å²) >= 11 is 0. The Balaban J connectivity index is 1.76. The molecule has 1 atom stereocenters. The van der Waals surface area contributed by atoms with Crippen molar-refractivity contribution in [3.63, 3.8) is 0 Å². The average molecular weight is 212 g/mol. The number of carboxylic acid groups (broad SMARTS) is 1. The molecule has 1 aliphatic heterocycles. The van der Waals surface area contributed by atoms with Crippen molar-refractivity contribution >= 4 is 12.0 Å². The molecule has 0 spiro atoms. The minimum atomic E-state index is -0.893. The maximum Gasteiger partial charge on any atom is 0.407 e. The Morgan fingerprint density at radius 2 is 2.00 bits per heavy atom. The number of carbonyl (C=O) groups is 2. The molecule has 5 heteroatoms. The lowest BCUT2D eigenvalue weighted by molar-refractivity contribution is -0.128. The minimum Gasteiger partial charge on any atom is -0.465 e. The highest BCUT2D eigenvalue weighted by Gasteiger charge is 2.31. The average Bonchev–Trinajstić information content (AvgIpc) is 2.48. The summed E-state index contributed by atoms with van der Waals surface area (Å²) in [5, 5.41) is 11.7. The Kier molecular flexibility index (Phi) is 2.79. The lowest BCUT2D eigenvalue weighted by Crippen LogP contribution is -2.42. The third kappa shape index (κ3) is 2.22. The van der Waals surface area contributed by atoms with Crippen LogP contribution >= 0.6 is 0 Å². The fourth-order valence-corrected chi connectivity index (χ4v) is 2.04. The second-order valence-electron chi connectivity index (χ2n) is 4.35. The quantitative estimate of drug-likeness (QED) is 0.706. The summed E-state index contributed by atoms with van der Waals surface area (Å²) in [5.74, 6) is 0.294. The van der Waals surface area contributed by atoms with Crippen LogP contribution in [0.2, 0.25) is 0 Å².